The predicted molar refractivity (Wildman–Crippen MR) is 134 cm³/mol. The lowest BCUT2D eigenvalue weighted by molar-refractivity contribution is -0.138. The van der Waals surface area contributed by atoms with Crippen LogP contribution in [0.25, 0.3) is 0 Å². The molecular weight excluding hydrogens is 512 g/mol. The molecule has 1 aliphatic carbocycles. The Morgan fingerprint density at radius 2 is 1.89 bits per heavy atom. The van der Waals surface area contributed by atoms with Crippen molar-refractivity contribution in [3.05, 3.63) is 54.2 Å². The number of hydrogen-bond donors (Lipinski definition) is 1. The van der Waals surface area contributed by atoms with Gasteiger partial charge < -0.3 is 14.6 Å². The molecule has 3 atom stereocenters. The van der Waals surface area contributed by atoms with Crippen LogP contribution < -0.4 is 5.32 Å². The average molecular weight is 543 g/mol. The molecule has 3 unspecified atom stereocenters. The smallest absolute Gasteiger partial charge is 0.293 e. The largest absolute Gasteiger partial charge is 0.472 e. The van der Waals surface area contributed by atoms with Gasteiger partial charge in [0.25, 0.3) is 21.0 Å². The minimum Gasteiger partial charge on any atom is -0.472 e. The second kappa shape index (κ2) is 10.8. The van der Waals surface area contributed by atoms with Gasteiger partial charge in [0.1, 0.15) is 18.3 Å². The zero-order valence-corrected chi connectivity index (χ0v) is 21.6. The highest BCUT2D eigenvalue weighted by Crippen LogP contribution is 2.34. The van der Waals surface area contributed by atoms with Crippen molar-refractivity contribution >= 4 is 32.7 Å². The minimum absolute atomic E-state index is 0.0937. The van der Waals surface area contributed by atoms with Gasteiger partial charge in [0.15, 0.2) is 5.78 Å². The summed E-state index contributed by atoms with van der Waals surface area (Å²) in [5.74, 6) is -1.05. The van der Waals surface area contributed by atoms with Gasteiger partial charge >= 0.3 is 0 Å². The first-order chi connectivity index (χ1) is 18.3. The first kappa shape index (κ1) is 26.2. The number of rotatable bonds is 7. The molecule has 4 heterocycles. The van der Waals surface area contributed by atoms with E-state index >= 15 is 0 Å². The second-order valence-electron chi connectivity index (χ2n) is 10.2. The molecule has 11 nitrogen and oxygen atoms in total. The van der Waals surface area contributed by atoms with Crippen LogP contribution in [0, 0.1) is 5.92 Å². The number of ketones is 1. The number of pyridine rings is 1. The summed E-state index contributed by atoms with van der Waals surface area (Å²) in [6, 6.07) is 1.61. The van der Waals surface area contributed by atoms with Crippen LogP contribution in [0.3, 0.4) is 0 Å². The normalized spacial score (nSPS) is 23.3. The van der Waals surface area contributed by atoms with Gasteiger partial charge in [0.05, 0.1) is 30.0 Å². The van der Waals surface area contributed by atoms with Crippen LogP contribution in [-0.2, 0) is 19.6 Å². The molecule has 2 aliphatic heterocycles. The SMILES string of the molecule is O=C(NC(CC1CCCCC1)C(=O)N1CCC2C1C(=O)CN2S(=O)(=O)C(=O)c1cccnc1)c1ccoc1. The molecule has 2 aromatic rings. The summed E-state index contributed by atoms with van der Waals surface area (Å²) < 4.78 is 32.3. The minimum atomic E-state index is -4.50. The number of hydrogen-bond acceptors (Lipinski definition) is 8. The van der Waals surface area contributed by atoms with Crippen molar-refractivity contribution in [3.63, 3.8) is 0 Å². The maximum atomic E-state index is 13.8. The lowest BCUT2D eigenvalue weighted by Gasteiger charge is -2.31. The molecule has 2 amide bonds. The highest BCUT2D eigenvalue weighted by molar-refractivity contribution is 8.04. The quantitative estimate of drug-likeness (QED) is 0.557. The number of carbonyl (C=O) groups is 4. The van der Waals surface area contributed by atoms with E-state index in [9.17, 15) is 27.6 Å². The van der Waals surface area contributed by atoms with Crippen molar-refractivity contribution in [2.45, 2.75) is 63.1 Å². The van der Waals surface area contributed by atoms with Crippen LogP contribution in [0.5, 0.6) is 0 Å². The number of Topliss-reactive ketones (excluding diaryl/α,β-unsaturated/α-hetero) is 1. The molecule has 2 saturated heterocycles. The van der Waals surface area contributed by atoms with Gasteiger partial charge in [-0.2, -0.15) is 4.31 Å². The number of likely N-dealkylation sites (tertiary alicyclic amines) is 1. The Balaban J connectivity index is 1.35. The zero-order chi connectivity index (χ0) is 26.9. The van der Waals surface area contributed by atoms with Crippen LogP contribution in [0.2, 0.25) is 0 Å². The van der Waals surface area contributed by atoms with Gasteiger partial charge in [0.2, 0.25) is 5.91 Å². The number of carbonyl (C=O) groups excluding carboxylic acids is 4. The van der Waals surface area contributed by atoms with Gasteiger partial charge in [-0.1, -0.05) is 32.1 Å². The Hall–Kier alpha value is -3.38. The van der Waals surface area contributed by atoms with E-state index in [1.54, 1.807) is 0 Å². The van der Waals surface area contributed by atoms with E-state index in [1.165, 1.54) is 41.8 Å². The summed E-state index contributed by atoms with van der Waals surface area (Å²) in [7, 11) is -4.50. The lowest BCUT2D eigenvalue weighted by Crippen LogP contribution is -2.53. The Morgan fingerprint density at radius 1 is 1.11 bits per heavy atom. The van der Waals surface area contributed by atoms with Crippen LogP contribution in [0.15, 0.2) is 47.5 Å². The van der Waals surface area contributed by atoms with Gasteiger partial charge in [0, 0.05) is 18.9 Å². The van der Waals surface area contributed by atoms with Crippen LogP contribution in [0.4, 0.5) is 0 Å². The molecule has 0 aromatic carbocycles. The van der Waals surface area contributed by atoms with Crippen molar-refractivity contribution in [1.82, 2.24) is 19.5 Å². The number of nitrogens with zero attached hydrogens (tertiary/aromatic N) is 3. The Morgan fingerprint density at radius 3 is 2.58 bits per heavy atom. The molecule has 0 bridgehead atoms. The van der Waals surface area contributed by atoms with Crippen LogP contribution >= 0.6 is 0 Å². The Bertz CT molecular complexity index is 1310. The second-order valence-corrected chi connectivity index (χ2v) is 11.9. The van der Waals surface area contributed by atoms with Gasteiger partial charge in [-0.05, 0) is 37.0 Å². The molecule has 5 rings (SSSR count). The number of amides is 2. The fraction of sp³-hybridized carbons (Fsp3) is 0.500. The molecule has 12 heteroatoms. The van der Waals surface area contributed by atoms with Crippen LogP contribution in [0.1, 0.15) is 65.7 Å². The molecular formula is C26H30N4O7S. The number of nitrogens with one attached hydrogen (secondary N) is 1. The molecule has 3 aliphatic rings. The van der Waals surface area contributed by atoms with E-state index in [4.69, 9.17) is 4.42 Å². The highest BCUT2D eigenvalue weighted by Gasteiger charge is 2.55. The van der Waals surface area contributed by atoms with E-state index in [2.05, 4.69) is 10.3 Å². The standard InChI is InChI=1S/C26H30N4O7S/c31-22-15-30(38(35,36)26(34)18-7-4-10-27-14-18)21-8-11-29(23(21)22)25(33)20(13-17-5-2-1-3-6-17)28-24(32)19-9-12-37-16-19/h4,7,9-10,12,14,16-17,20-21,23H,1-3,5-6,8,11,13,15H2,(H,28,32). The third-order valence-corrected chi connectivity index (χ3v) is 9.50. The van der Waals surface area contributed by atoms with Gasteiger partial charge in [-0.15, -0.1) is 0 Å². The molecule has 202 valence electrons. The van der Waals surface area contributed by atoms with E-state index in [0.29, 0.717) is 6.42 Å². The number of furan rings is 1. The molecule has 3 fully saturated rings. The fourth-order valence-electron chi connectivity index (χ4n) is 5.89. The number of sulfonamides is 1. The summed E-state index contributed by atoms with van der Waals surface area (Å²) in [4.78, 5) is 57.7. The van der Waals surface area contributed by atoms with E-state index in [0.717, 1.165) is 42.6 Å². The summed E-state index contributed by atoms with van der Waals surface area (Å²) in [6.45, 7) is -0.335. The summed E-state index contributed by atoms with van der Waals surface area (Å²) in [6.07, 6.45) is 11.1. The van der Waals surface area contributed by atoms with Gasteiger partial charge in [-0.25, -0.2) is 8.42 Å². The van der Waals surface area contributed by atoms with E-state index in [-0.39, 0.29) is 30.0 Å². The molecule has 1 saturated carbocycles. The van der Waals surface area contributed by atoms with E-state index < -0.39 is 57.4 Å². The predicted octanol–water partition coefficient (Wildman–Crippen LogP) is 1.77. The van der Waals surface area contributed by atoms with Crippen molar-refractivity contribution in [2.75, 3.05) is 13.1 Å². The molecule has 38 heavy (non-hydrogen) atoms. The van der Waals surface area contributed by atoms with Crippen molar-refractivity contribution in [1.29, 1.82) is 0 Å². The Labute approximate surface area is 220 Å². The highest BCUT2D eigenvalue weighted by atomic mass is 32.2. The topological polar surface area (TPSA) is 147 Å². The first-order valence-corrected chi connectivity index (χ1v) is 14.3. The molecule has 0 radical (unpaired) electrons. The molecule has 0 spiro atoms. The molecule has 1 N–H and O–H groups in total. The van der Waals surface area contributed by atoms with E-state index in [1.807, 2.05) is 0 Å². The first-order valence-electron chi connectivity index (χ1n) is 12.9. The average Bonchev–Trinajstić information content (AvgIpc) is 3.68. The fourth-order valence-corrected chi connectivity index (χ4v) is 7.40. The van der Waals surface area contributed by atoms with Crippen molar-refractivity contribution < 1.29 is 32.0 Å². The molecule has 2 aromatic heterocycles. The maximum Gasteiger partial charge on any atom is 0.293 e. The van der Waals surface area contributed by atoms with Crippen molar-refractivity contribution in [3.8, 4) is 0 Å². The maximum absolute atomic E-state index is 13.8. The summed E-state index contributed by atoms with van der Waals surface area (Å²) in [5.41, 5.74) is 0.192. The summed E-state index contributed by atoms with van der Waals surface area (Å²) >= 11 is 0. The van der Waals surface area contributed by atoms with Gasteiger partial charge in [-0.3, -0.25) is 24.2 Å². The monoisotopic (exact) mass is 542 g/mol. The lowest BCUT2D eigenvalue weighted by atomic mass is 9.84. The number of fused-ring (bicyclic) bond motifs is 1. The summed E-state index contributed by atoms with van der Waals surface area (Å²) in [5, 5.41) is 1.69. The number of aromatic nitrogens is 1. The van der Waals surface area contributed by atoms with Crippen LogP contribution in [-0.4, -0.2) is 76.5 Å². The third kappa shape index (κ3) is 5.02. The Kier molecular flexibility index (Phi) is 7.44. The van der Waals surface area contributed by atoms with Crippen molar-refractivity contribution in [2.24, 2.45) is 5.92 Å². The third-order valence-electron chi connectivity index (χ3n) is 7.78. The zero-order valence-electron chi connectivity index (χ0n) is 20.8.